The fourth-order valence-corrected chi connectivity index (χ4v) is 4.28. The van der Waals surface area contributed by atoms with Gasteiger partial charge in [-0.25, -0.2) is 13.2 Å². The summed E-state index contributed by atoms with van der Waals surface area (Å²) >= 11 is 6.06. The van der Waals surface area contributed by atoms with Gasteiger partial charge in [0.15, 0.2) is 0 Å². The molecule has 0 spiro atoms. The lowest BCUT2D eigenvalue weighted by Crippen LogP contribution is -2.38. The summed E-state index contributed by atoms with van der Waals surface area (Å²) in [4.78, 5) is 37.8. The highest BCUT2D eigenvalue weighted by Crippen LogP contribution is 2.27. The minimum Gasteiger partial charge on any atom is -0.323 e. The zero-order chi connectivity index (χ0) is 20.4. The summed E-state index contributed by atoms with van der Waals surface area (Å²) in [6.45, 7) is 3.48. The van der Waals surface area contributed by atoms with Gasteiger partial charge in [-0.05, 0) is 18.2 Å². The molecule has 1 aromatic carbocycles. The Morgan fingerprint density at radius 1 is 1.26 bits per heavy atom. The van der Waals surface area contributed by atoms with Crippen molar-refractivity contribution in [3.63, 3.8) is 0 Å². The quantitative estimate of drug-likeness (QED) is 0.672. The van der Waals surface area contributed by atoms with Crippen LogP contribution < -0.4 is 5.32 Å². The Hall–Kier alpha value is -2.17. The minimum absolute atomic E-state index is 0.0149. The molecule has 1 aliphatic rings. The third-order valence-electron chi connectivity index (χ3n) is 4.09. The second-order valence-corrected chi connectivity index (χ2v) is 8.24. The van der Waals surface area contributed by atoms with Gasteiger partial charge in [0.2, 0.25) is 15.9 Å². The van der Waals surface area contributed by atoms with Crippen molar-refractivity contribution in [2.24, 2.45) is 0 Å². The molecule has 0 unspecified atom stereocenters. The number of carbonyl (C=O) groups excluding carboxylic acids is 3. The van der Waals surface area contributed by atoms with Crippen LogP contribution in [-0.2, 0) is 19.6 Å². The van der Waals surface area contributed by atoms with Gasteiger partial charge in [-0.1, -0.05) is 25.4 Å². The average molecular weight is 417 g/mol. The Morgan fingerprint density at radius 3 is 2.41 bits per heavy atom. The number of nitrogens with one attached hydrogen (secondary N) is 1. The van der Waals surface area contributed by atoms with E-state index in [-0.39, 0.29) is 22.2 Å². The van der Waals surface area contributed by atoms with Crippen LogP contribution in [0.5, 0.6) is 0 Å². The first-order valence-electron chi connectivity index (χ1n) is 8.26. The molecule has 0 aliphatic carbocycles. The van der Waals surface area contributed by atoms with Crippen LogP contribution in [0, 0.1) is 0 Å². The molecule has 0 atom stereocenters. The summed E-state index contributed by atoms with van der Waals surface area (Å²) in [6, 6.07) is 3.41. The van der Waals surface area contributed by atoms with Gasteiger partial charge in [0, 0.05) is 20.1 Å². The summed E-state index contributed by atoms with van der Waals surface area (Å²) < 4.78 is 26.5. The SMILES string of the molecule is CCN(CC)S(=O)(=O)c1ccc(Cl)c(NC(=O)CN2C(=O)CN(C)C2=O)c1. The van der Waals surface area contributed by atoms with Gasteiger partial charge in [-0.2, -0.15) is 4.31 Å². The number of benzene rings is 1. The molecule has 27 heavy (non-hydrogen) atoms. The number of imide groups is 1. The largest absolute Gasteiger partial charge is 0.327 e. The van der Waals surface area contributed by atoms with Crippen molar-refractivity contribution in [2.75, 3.05) is 38.5 Å². The lowest BCUT2D eigenvalue weighted by atomic mass is 10.3. The maximum Gasteiger partial charge on any atom is 0.327 e. The van der Waals surface area contributed by atoms with Crippen LogP contribution in [0.15, 0.2) is 23.1 Å². The highest BCUT2D eigenvalue weighted by atomic mass is 35.5. The van der Waals surface area contributed by atoms with Crippen LogP contribution in [-0.4, -0.2) is 73.6 Å². The maximum atomic E-state index is 12.6. The number of urea groups is 1. The van der Waals surface area contributed by atoms with Crippen molar-refractivity contribution >= 4 is 45.2 Å². The molecule has 9 nitrogen and oxygen atoms in total. The van der Waals surface area contributed by atoms with Gasteiger partial charge >= 0.3 is 6.03 Å². The molecule has 11 heteroatoms. The van der Waals surface area contributed by atoms with E-state index in [0.717, 1.165) is 4.90 Å². The zero-order valence-electron chi connectivity index (χ0n) is 15.2. The van der Waals surface area contributed by atoms with E-state index in [0.29, 0.717) is 13.1 Å². The van der Waals surface area contributed by atoms with Gasteiger partial charge in [-0.3, -0.25) is 14.5 Å². The first-order chi connectivity index (χ1) is 12.6. The minimum atomic E-state index is -3.73. The molecule has 0 aromatic heterocycles. The summed E-state index contributed by atoms with van der Waals surface area (Å²) in [5.41, 5.74) is 0.0855. The van der Waals surface area contributed by atoms with Gasteiger partial charge in [0.05, 0.1) is 15.6 Å². The third-order valence-corrected chi connectivity index (χ3v) is 6.46. The average Bonchev–Trinajstić information content (AvgIpc) is 2.83. The van der Waals surface area contributed by atoms with E-state index < -0.39 is 34.4 Å². The Kier molecular flexibility index (Phi) is 6.45. The Labute approximate surface area is 162 Å². The van der Waals surface area contributed by atoms with Crippen LogP contribution >= 0.6 is 11.6 Å². The van der Waals surface area contributed by atoms with E-state index in [1.165, 1.54) is 34.5 Å². The molecular weight excluding hydrogens is 396 g/mol. The lowest BCUT2D eigenvalue weighted by Gasteiger charge is -2.19. The summed E-state index contributed by atoms with van der Waals surface area (Å²) in [6.07, 6.45) is 0. The van der Waals surface area contributed by atoms with Gasteiger partial charge < -0.3 is 10.2 Å². The van der Waals surface area contributed by atoms with Crippen molar-refractivity contribution in [3.8, 4) is 0 Å². The second-order valence-electron chi connectivity index (χ2n) is 5.90. The summed E-state index contributed by atoms with van der Waals surface area (Å²) in [7, 11) is -2.27. The Bertz CT molecular complexity index is 870. The number of likely N-dealkylation sites (N-methyl/N-ethyl adjacent to an activating group) is 1. The first kappa shape index (κ1) is 21.1. The van der Waals surface area contributed by atoms with Crippen molar-refractivity contribution in [3.05, 3.63) is 23.2 Å². The zero-order valence-corrected chi connectivity index (χ0v) is 16.8. The number of hydrogen-bond acceptors (Lipinski definition) is 5. The molecule has 1 saturated heterocycles. The predicted molar refractivity (Wildman–Crippen MR) is 99.9 cm³/mol. The number of halogens is 1. The fraction of sp³-hybridized carbons (Fsp3) is 0.438. The molecule has 1 aromatic rings. The topological polar surface area (TPSA) is 107 Å². The number of nitrogens with zero attached hydrogens (tertiary/aromatic N) is 3. The number of sulfonamides is 1. The number of hydrogen-bond donors (Lipinski definition) is 1. The van der Waals surface area contributed by atoms with Crippen molar-refractivity contribution < 1.29 is 22.8 Å². The van der Waals surface area contributed by atoms with Crippen molar-refractivity contribution in [1.82, 2.24) is 14.1 Å². The van der Waals surface area contributed by atoms with E-state index in [4.69, 9.17) is 11.6 Å². The standard InChI is InChI=1S/C16H21ClN4O5S/c1-4-20(5-2)27(25,26)11-6-7-12(17)13(8-11)18-14(22)9-21-15(23)10-19(3)16(21)24/h6-8H,4-5,9-10H2,1-3H3,(H,18,22). The van der Waals surface area contributed by atoms with Gasteiger partial charge in [0.1, 0.15) is 13.1 Å². The Balaban J connectivity index is 2.21. The van der Waals surface area contributed by atoms with E-state index >= 15 is 0 Å². The number of rotatable bonds is 7. The van der Waals surface area contributed by atoms with Gasteiger partial charge in [0.25, 0.3) is 5.91 Å². The second kappa shape index (κ2) is 8.24. The van der Waals surface area contributed by atoms with Crippen LogP contribution in [0.25, 0.3) is 0 Å². The monoisotopic (exact) mass is 416 g/mol. The predicted octanol–water partition coefficient (Wildman–Crippen LogP) is 1.20. The van der Waals surface area contributed by atoms with Gasteiger partial charge in [-0.15, -0.1) is 0 Å². The molecule has 0 saturated carbocycles. The molecule has 148 valence electrons. The normalized spacial score (nSPS) is 15.0. The molecule has 1 N–H and O–H groups in total. The molecule has 4 amide bonds. The molecule has 0 bridgehead atoms. The molecular formula is C16H21ClN4O5S. The number of anilines is 1. The summed E-state index contributed by atoms with van der Waals surface area (Å²) in [5.74, 6) is -1.15. The summed E-state index contributed by atoms with van der Waals surface area (Å²) in [5, 5.41) is 2.60. The molecule has 2 rings (SSSR count). The molecule has 1 aliphatic heterocycles. The van der Waals surface area contributed by atoms with Crippen LogP contribution in [0.3, 0.4) is 0 Å². The third kappa shape index (κ3) is 4.40. The van der Waals surface area contributed by atoms with Crippen molar-refractivity contribution in [2.45, 2.75) is 18.7 Å². The van der Waals surface area contributed by atoms with Crippen molar-refractivity contribution in [1.29, 1.82) is 0 Å². The van der Waals surface area contributed by atoms with E-state index in [1.54, 1.807) is 13.8 Å². The first-order valence-corrected chi connectivity index (χ1v) is 10.1. The fourth-order valence-electron chi connectivity index (χ4n) is 2.63. The molecule has 1 heterocycles. The lowest BCUT2D eigenvalue weighted by molar-refractivity contribution is -0.129. The highest BCUT2D eigenvalue weighted by molar-refractivity contribution is 7.89. The highest BCUT2D eigenvalue weighted by Gasteiger charge is 2.35. The molecule has 1 fully saturated rings. The van der Waals surface area contributed by atoms with Crippen LogP contribution in [0.1, 0.15) is 13.8 Å². The maximum absolute atomic E-state index is 12.6. The number of carbonyl (C=O) groups is 3. The van der Waals surface area contributed by atoms with E-state index in [2.05, 4.69) is 5.32 Å². The van der Waals surface area contributed by atoms with Crippen LogP contribution in [0.2, 0.25) is 5.02 Å². The Morgan fingerprint density at radius 2 is 1.89 bits per heavy atom. The van der Waals surface area contributed by atoms with E-state index in [9.17, 15) is 22.8 Å². The van der Waals surface area contributed by atoms with Crippen LogP contribution in [0.4, 0.5) is 10.5 Å². The molecule has 0 radical (unpaired) electrons. The smallest absolute Gasteiger partial charge is 0.323 e. The van der Waals surface area contributed by atoms with E-state index in [1.807, 2.05) is 0 Å². The number of amides is 4.